The molecule has 1 heterocycles. The third-order valence-corrected chi connectivity index (χ3v) is 3.72. The van der Waals surface area contributed by atoms with Gasteiger partial charge in [-0.2, -0.15) is 0 Å². The lowest BCUT2D eigenvalue weighted by Crippen LogP contribution is -2.45. The molecule has 0 aliphatic rings. The van der Waals surface area contributed by atoms with E-state index in [2.05, 4.69) is 10.5 Å². The number of rotatable bonds is 6. The second-order valence-corrected chi connectivity index (χ2v) is 5.12. The molecule has 1 aromatic heterocycles. The van der Waals surface area contributed by atoms with Gasteiger partial charge in [-0.3, -0.25) is 4.79 Å². The first-order valence-electron chi connectivity index (χ1n) is 6.91. The van der Waals surface area contributed by atoms with Gasteiger partial charge in [0.15, 0.2) is 0 Å². The fourth-order valence-corrected chi connectivity index (χ4v) is 2.15. The molecule has 0 spiro atoms. The lowest BCUT2D eigenvalue weighted by molar-refractivity contribution is -0.124. The van der Waals surface area contributed by atoms with E-state index in [1.807, 2.05) is 34.6 Å². The van der Waals surface area contributed by atoms with Gasteiger partial charge >= 0.3 is 0 Å². The van der Waals surface area contributed by atoms with E-state index in [1.165, 1.54) is 0 Å². The second-order valence-electron chi connectivity index (χ2n) is 5.12. The van der Waals surface area contributed by atoms with Gasteiger partial charge in [0.25, 0.3) is 0 Å². The molecule has 0 saturated carbocycles. The molecule has 0 bridgehead atoms. The Bertz CT molecular complexity index is 409. The number of carbonyl (C=O) groups excluding carboxylic acids is 1. The summed E-state index contributed by atoms with van der Waals surface area (Å²) in [6, 6.07) is -0.562. The molecule has 3 atom stereocenters. The van der Waals surface area contributed by atoms with Crippen LogP contribution in [-0.4, -0.2) is 17.1 Å². The lowest BCUT2D eigenvalue weighted by atomic mass is 9.97. The Labute approximate surface area is 114 Å². The Kier molecular flexibility index (Phi) is 5.54. The van der Waals surface area contributed by atoms with Gasteiger partial charge in [-0.1, -0.05) is 32.3 Å². The second kappa shape index (κ2) is 6.70. The number of nitrogens with zero attached hydrogens (tertiary/aromatic N) is 1. The van der Waals surface area contributed by atoms with Crippen molar-refractivity contribution in [1.29, 1.82) is 0 Å². The zero-order valence-corrected chi connectivity index (χ0v) is 12.5. The Balaban J connectivity index is 2.81. The summed E-state index contributed by atoms with van der Waals surface area (Å²) < 4.78 is 5.16. The molecule has 3 N–H and O–H groups in total. The van der Waals surface area contributed by atoms with Crippen molar-refractivity contribution in [3.05, 3.63) is 17.0 Å². The first-order valence-corrected chi connectivity index (χ1v) is 6.91. The Morgan fingerprint density at radius 2 is 2.00 bits per heavy atom. The number of aromatic nitrogens is 1. The molecule has 3 unspecified atom stereocenters. The van der Waals surface area contributed by atoms with E-state index in [0.717, 1.165) is 29.9 Å². The molecule has 19 heavy (non-hydrogen) atoms. The minimum Gasteiger partial charge on any atom is -0.361 e. The van der Waals surface area contributed by atoms with E-state index >= 15 is 0 Å². The van der Waals surface area contributed by atoms with Crippen LogP contribution in [0.2, 0.25) is 0 Å². The summed E-state index contributed by atoms with van der Waals surface area (Å²) in [6.45, 7) is 9.78. The summed E-state index contributed by atoms with van der Waals surface area (Å²) in [4.78, 5) is 12.1. The molecule has 1 aromatic rings. The fourth-order valence-electron chi connectivity index (χ4n) is 2.15. The van der Waals surface area contributed by atoms with Gasteiger partial charge in [0.2, 0.25) is 5.91 Å². The van der Waals surface area contributed by atoms with Crippen LogP contribution in [0.5, 0.6) is 0 Å². The molecule has 0 aliphatic heterocycles. The molecule has 0 fully saturated rings. The summed E-state index contributed by atoms with van der Waals surface area (Å²) >= 11 is 0. The van der Waals surface area contributed by atoms with Crippen molar-refractivity contribution in [3.8, 4) is 0 Å². The zero-order valence-electron chi connectivity index (χ0n) is 12.5. The van der Waals surface area contributed by atoms with Crippen LogP contribution in [0.3, 0.4) is 0 Å². The SMILES string of the molecule is CCC(NC(=O)C(N)C(C)CC)c1c(C)noc1C. The van der Waals surface area contributed by atoms with Crippen LogP contribution in [0.25, 0.3) is 0 Å². The maximum atomic E-state index is 12.1. The number of carbonyl (C=O) groups is 1. The number of aryl methyl sites for hydroxylation is 2. The first-order chi connectivity index (χ1) is 8.92. The van der Waals surface area contributed by atoms with Gasteiger partial charge in [0, 0.05) is 5.56 Å². The van der Waals surface area contributed by atoms with Crippen molar-refractivity contribution in [1.82, 2.24) is 10.5 Å². The molecule has 5 nitrogen and oxygen atoms in total. The Hall–Kier alpha value is -1.36. The average Bonchev–Trinajstić information content (AvgIpc) is 2.73. The highest BCUT2D eigenvalue weighted by Crippen LogP contribution is 2.24. The van der Waals surface area contributed by atoms with Crippen LogP contribution in [0, 0.1) is 19.8 Å². The van der Waals surface area contributed by atoms with Crippen LogP contribution < -0.4 is 11.1 Å². The summed E-state index contributed by atoms with van der Waals surface area (Å²) in [5, 5.41) is 6.93. The Morgan fingerprint density at radius 1 is 1.37 bits per heavy atom. The highest BCUT2D eigenvalue weighted by atomic mass is 16.5. The molecule has 0 aliphatic carbocycles. The Morgan fingerprint density at radius 3 is 2.42 bits per heavy atom. The predicted octanol–water partition coefficient (Wildman–Crippen LogP) is 2.23. The van der Waals surface area contributed by atoms with Crippen LogP contribution >= 0.6 is 0 Å². The number of hydrogen-bond donors (Lipinski definition) is 2. The van der Waals surface area contributed by atoms with Crippen LogP contribution in [-0.2, 0) is 4.79 Å². The highest BCUT2D eigenvalue weighted by molar-refractivity contribution is 5.82. The normalized spacial score (nSPS) is 15.9. The topological polar surface area (TPSA) is 81.2 Å². The molecule has 1 rings (SSSR count). The largest absolute Gasteiger partial charge is 0.361 e. The summed E-state index contributed by atoms with van der Waals surface area (Å²) in [7, 11) is 0. The van der Waals surface area contributed by atoms with Crippen molar-refractivity contribution in [2.75, 3.05) is 0 Å². The van der Waals surface area contributed by atoms with Gasteiger partial charge in [-0.05, 0) is 26.2 Å². The third-order valence-electron chi connectivity index (χ3n) is 3.72. The van der Waals surface area contributed by atoms with Gasteiger partial charge < -0.3 is 15.6 Å². The van der Waals surface area contributed by atoms with E-state index in [1.54, 1.807) is 0 Å². The molecule has 108 valence electrons. The molecular weight excluding hydrogens is 242 g/mol. The predicted molar refractivity (Wildman–Crippen MR) is 74.6 cm³/mol. The van der Waals surface area contributed by atoms with Crippen molar-refractivity contribution in [2.24, 2.45) is 11.7 Å². The molecular formula is C14H25N3O2. The van der Waals surface area contributed by atoms with Gasteiger partial charge in [-0.15, -0.1) is 0 Å². The van der Waals surface area contributed by atoms with E-state index < -0.39 is 6.04 Å². The summed E-state index contributed by atoms with van der Waals surface area (Å²) in [5.74, 6) is 0.810. The third kappa shape index (κ3) is 3.56. The van der Waals surface area contributed by atoms with E-state index in [9.17, 15) is 4.79 Å². The quantitative estimate of drug-likeness (QED) is 0.828. The van der Waals surface area contributed by atoms with Crippen molar-refractivity contribution >= 4 is 5.91 Å². The number of amides is 1. The molecule has 0 radical (unpaired) electrons. The standard InChI is InChI=1S/C14H25N3O2/c1-6-8(3)13(15)14(18)16-11(7-2)12-9(4)17-19-10(12)5/h8,11,13H,6-7,15H2,1-5H3,(H,16,18). The molecule has 0 saturated heterocycles. The van der Waals surface area contributed by atoms with Crippen molar-refractivity contribution in [2.45, 2.75) is 59.5 Å². The van der Waals surface area contributed by atoms with Gasteiger partial charge in [0.1, 0.15) is 5.76 Å². The minimum atomic E-state index is -0.473. The van der Waals surface area contributed by atoms with E-state index in [4.69, 9.17) is 10.3 Å². The van der Waals surface area contributed by atoms with Gasteiger partial charge in [-0.25, -0.2) is 0 Å². The number of nitrogens with one attached hydrogen (secondary N) is 1. The van der Waals surface area contributed by atoms with Crippen LogP contribution in [0.4, 0.5) is 0 Å². The molecule has 1 amide bonds. The monoisotopic (exact) mass is 267 g/mol. The van der Waals surface area contributed by atoms with Crippen molar-refractivity contribution < 1.29 is 9.32 Å². The lowest BCUT2D eigenvalue weighted by Gasteiger charge is -2.22. The zero-order chi connectivity index (χ0) is 14.6. The number of hydrogen-bond acceptors (Lipinski definition) is 4. The van der Waals surface area contributed by atoms with Gasteiger partial charge in [0.05, 0.1) is 17.8 Å². The molecule has 0 aromatic carbocycles. The van der Waals surface area contributed by atoms with Crippen LogP contribution in [0.15, 0.2) is 4.52 Å². The summed E-state index contributed by atoms with van der Waals surface area (Å²) in [5.41, 5.74) is 7.74. The smallest absolute Gasteiger partial charge is 0.237 e. The maximum Gasteiger partial charge on any atom is 0.237 e. The fraction of sp³-hybridized carbons (Fsp3) is 0.714. The minimum absolute atomic E-state index is 0.0890. The maximum absolute atomic E-state index is 12.1. The highest BCUT2D eigenvalue weighted by Gasteiger charge is 2.25. The summed E-state index contributed by atoms with van der Waals surface area (Å²) in [6.07, 6.45) is 1.67. The van der Waals surface area contributed by atoms with E-state index in [-0.39, 0.29) is 17.9 Å². The number of nitrogens with two attached hydrogens (primary N) is 1. The van der Waals surface area contributed by atoms with E-state index in [0.29, 0.717) is 0 Å². The average molecular weight is 267 g/mol. The molecule has 5 heteroatoms. The first kappa shape index (κ1) is 15.7. The van der Waals surface area contributed by atoms with Crippen molar-refractivity contribution in [3.63, 3.8) is 0 Å². The van der Waals surface area contributed by atoms with Crippen LogP contribution in [0.1, 0.15) is 56.7 Å².